The van der Waals surface area contributed by atoms with E-state index < -0.39 is 6.04 Å². The van der Waals surface area contributed by atoms with Crippen LogP contribution in [0.5, 0.6) is 0 Å². The topological polar surface area (TPSA) is 84.0 Å². The summed E-state index contributed by atoms with van der Waals surface area (Å²) in [6, 6.07) is 11.2. The molecule has 2 rings (SSSR count). The molecule has 0 saturated carbocycles. The third-order valence-electron chi connectivity index (χ3n) is 3.36. The molecule has 6 nitrogen and oxygen atoms in total. The Labute approximate surface area is 151 Å². The van der Waals surface area contributed by atoms with Gasteiger partial charge in [-0.05, 0) is 26.8 Å². The zero-order valence-electron chi connectivity index (χ0n) is 14.6. The monoisotopic (exact) mass is 358 g/mol. The molecule has 7 heteroatoms. The van der Waals surface area contributed by atoms with Gasteiger partial charge < -0.3 is 10.6 Å². The van der Waals surface area contributed by atoms with Crippen molar-refractivity contribution in [3.8, 4) is 11.3 Å². The number of nitrogens with zero attached hydrogens (tertiary/aromatic N) is 2. The molecule has 2 amide bonds. The summed E-state index contributed by atoms with van der Waals surface area (Å²) in [5.74, 6) is -0.268. The van der Waals surface area contributed by atoms with Crippen molar-refractivity contribution < 1.29 is 9.59 Å². The van der Waals surface area contributed by atoms with E-state index in [-0.39, 0.29) is 17.6 Å². The predicted octanol–water partition coefficient (Wildman–Crippen LogP) is 2.18. The second-order valence-corrected chi connectivity index (χ2v) is 6.46. The van der Waals surface area contributed by atoms with E-state index in [4.69, 9.17) is 0 Å². The number of hydrogen-bond acceptors (Lipinski definition) is 5. The molecule has 1 atom stereocenters. The van der Waals surface area contributed by atoms with Crippen molar-refractivity contribution in [3.63, 3.8) is 0 Å². The van der Waals surface area contributed by atoms with Gasteiger partial charge >= 0.3 is 0 Å². The number of aryl methyl sites for hydroxylation is 1. The molecule has 0 radical (unpaired) electrons. The second-order valence-electron chi connectivity index (χ2n) is 5.52. The van der Waals surface area contributed by atoms with E-state index in [1.165, 1.54) is 11.8 Å². The van der Waals surface area contributed by atoms with Crippen LogP contribution in [0.15, 0.2) is 41.6 Å². The standard InChI is InChI=1S/C18H22N4O2S/c1-4-19-17(24)13(3)21-16(23)11-25-18-20-12(2)10-15(22-18)14-8-6-5-7-9-14/h5-10,13H,4,11H2,1-3H3,(H,19,24)(H,21,23)/t13-/m0/s1. The fraction of sp³-hybridized carbons (Fsp3) is 0.333. The fourth-order valence-electron chi connectivity index (χ4n) is 2.17. The number of nitrogens with one attached hydrogen (secondary N) is 2. The lowest BCUT2D eigenvalue weighted by Crippen LogP contribution is -2.45. The van der Waals surface area contributed by atoms with Crippen LogP contribution in [-0.4, -0.2) is 40.1 Å². The van der Waals surface area contributed by atoms with Crippen molar-refractivity contribution in [2.75, 3.05) is 12.3 Å². The van der Waals surface area contributed by atoms with E-state index in [1.54, 1.807) is 6.92 Å². The van der Waals surface area contributed by atoms with Gasteiger partial charge in [-0.25, -0.2) is 9.97 Å². The van der Waals surface area contributed by atoms with Crippen molar-refractivity contribution in [3.05, 3.63) is 42.1 Å². The summed E-state index contributed by atoms with van der Waals surface area (Å²) in [7, 11) is 0. The lowest BCUT2D eigenvalue weighted by atomic mass is 10.1. The number of rotatable bonds is 7. The highest BCUT2D eigenvalue weighted by Gasteiger charge is 2.15. The Balaban J connectivity index is 1.98. The highest BCUT2D eigenvalue weighted by Crippen LogP contribution is 2.21. The van der Waals surface area contributed by atoms with E-state index in [0.717, 1.165) is 17.0 Å². The van der Waals surface area contributed by atoms with Gasteiger partial charge in [-0.3, -0.25) is 9.59 Å². The minimum Gasteiger partial charge on any atom is -0.355 e. The van der Waals surface area contributed by atoms with E-state index in [0.29, 0.717) is 11.7 Å². The average Bonchev–Trinajstić information content (AvgIpc) is 2.60. The van der Waals surface area contributed by atoms with E-state index in [9.17, 15) is 9.59 Å². The first-order valence-electron chi connectivity index (χ1n) is 8.10. The highest BCUT2D eigenvalue weighted by molar-refractivity contribution is 7.99. The molecule has 1 heterocycles. The SMILES string of the molecule is CCNC(=O)[C@H](C)NC(=O)CSc1nc(C)cc(-c2ccccc2)n1. The zero-order chi connectivity index (χ0) is 18.2. The van der Waals surface area contributed by atoms with Gasteiger partial charge in [0.25, 0.3) is 0 Å². The summed E-state index contributed by atoms with van der Waals surface area (Å²) >= 11 is 1.25. The molecule has 1 aromatic heterocycles. The number of thioether (sulfide) groups is 1. The van der Waals surface area contributed by atoms with Crippen molar-refractivity contribution >= 4 is 23.6 Å². The van der Waals surface area contributed by atoms with Crippen molar-refractivity contribution in [1.82, 2.24) is 20.6 Å². The smallest absolute Gasteiger partial charge is 0.242 e. The van der Waals surface area contributed by atoms with E-state index in [2.05, 4.69) is 20.6 Å². The Morgan fingerprint density at radius 1 is 1.20 bits per heavy atom. The Bertz CT molecular complexity index is 737. The fourth-order valence-corrected chi connectivity index (χ4v) is 2.88. The molecular formula is C18H22N4O2S. The molecule has 132 valence electrons. The van der Waals surface area contributed by atoms with E-state index >= 15 is 0 Å². The van der Waals surface area contributed by atoms with Gasteiger partial charge in [-0.2, -0.15) is 0 Å². The van der Waals surface area contributed by atoms with Crippen LogP contribution in [0.4, 0.5) is 0 Å². The summed E-state index contributed by atoms with van der Waals surface area (Å²) in [4.78, 5) is 32.5. The molecule has 0 bridgehead atoms. The third kappa shape index (κ3) is 5.86. The first-order valence-corrected chi connectivity index (χ1v) is 9.09. The van der Waals surface area contributed by atoms with Crippen molar-refractivity contribution in [2.45, 2.75) is 32.0 Å². The van der Waals surface area contributed by atoms with Crippen LogP contribution in [-0.2, 0) is 9.59 Å². The Kier molecular flexibility index (Phi) is 6.94. The minimum atomic E-state index is -0.564. The Hall–Kier alpha value is -2.41. The molecule has 0 fully saturated rings. The summed E-state index contributed by atoms with van der Waals surface area (Å²) < 4.78 is 0. The molecule has 1 aromatic carbocycles. The van der Waals surface area contributed by atoms with Gasteiger partial charge in [0, 0.05) is 17.8 Å². The summed E-state index contributed by atoms with van der Waals surface area (Å²) in [5.41, 5.74) is 2.67. The number of carbonyl (C=O) groups excluding carboxylic acids is 2. The number of amides is 2. The molecule has 0 saturated heterocycles. The quantitative estimate of drug-likeness (QED) is 0.585. The van der Waals surface area contributed by atoms with Crippen LogP contribution in [0.2, 0.25) is 0 Å². The molecule has 2 aromatic rings. The molecule has 0 spiro atoms. The van der Waals surface area contributed by atoms with Crippen molar-refractivity contribution in [2.24, 2.45) is 0 Å². The van der Waals surface area contributed by atoms with Crippen LogP contribution >= 0.6 is 11.8 Å². The van der Waals surface area contributed by atoms with Gasteiger partial charge in [0.2, 0.25) is 11.8 Å². The first kappa shape index (κ1) is 18.9. The molecule has 0 aliphatic rings. The summed E-state index contributed by atoms with van der Waals surface area (Å²) in [6.07, 6.45) is 0. The van der Waals surface area contributed by atoms with Crippen LogP contribution in [0.25, 0.3) is 11.3 Å². The highest BCUT2D eigenvalue weighted by atomic mass is 32.2. The maximum Gasteiger partial charge on any atom is 0.242 e. The number of aromatic nitrogens is 2. The van der Waals surface area contributed by atoms with Crippen LogP contribution in [0.3, 0.4) is 0 Å². The lowest BCUT2D eigenvalue weighted by Gasteiger charge is -2.13. The first-order chi connectivity index (χ1) is 12.0. The predicted molar refractivity (Wildman–Crippen MR) is 99.2 cm³/mol. The van der Waals surface area contributed by atoms with Gasteiger partial charge in [0.05, 0.1) is 11.4 Å². The number of hydrogen-bond donors (Lipinski definition) is 2. The van der Waals surface area contributed by atoms with E-state index in [1.807, 2.05) is 50.2 Å². The van der Waals surface area contributed by atoms with Gasteiger partial charge in [0.15, 0.2) is 5.16 Å². The summed E-state index contributed by atoms with van der Waals surface area (Å²) in [5, 5.41) is 5.88. The van der Waals surface area contributed by atoms with Crippen LogP contribution in [0, 0.1) is 6.92 Å². The molecule has 2 N–H and O–H groups in total. The molecule has 0 unspecified atom stereocenters. The Morgan fingerprint density at radius 2 is 1.92 bits per heavy atom. The molecule has 0 aliphatic heterocycles. The number of benzene rings is 1. The van der Waals surface area contributed by atoms with Crippen molar-refractivity contribution in [1.29, 1.82) is 0 Å². The molecule has 25 heavy (non-hydrogen) atoms. The number of likely N-dealkylation sites (N-methyl/N-ethyl adjacent to an activating group) is 1. The van der Waals surface area contributed by atoms with Gasteiger partial charge in [-0.1, -0.05) is 42.1 Å². The lowest BCUT2D eigenvalue weighted by molar-refractivity contribution is -0.127. The molecule has 0 aliphatic carbocycles. The molecular weight excluding hydrogens is 336 g/mol. The summed E-state index contributed by atoms with van der Waals surface area (Å²) in [6.45, 7) is 5.93. The third-order valence-corrected chi connectivity index (χ3v) is 4.20. The number of carbonyl (C=O) groups is 2. The maximum atomic E-state index is 12.0. The Morgan fingerprint density at radius 3 is 2.60 bits per heavy atom. The van der Waals surface area contributed by atoms with Gasteiger partial charge in [0.1, 0.15) is 6.04 Å². The maximum absolute atomic E-state index is 12.0. The van der Waals surface area contributed by atoms with Crippen LogP contribution < -0.4 is 10.6 Å². The normalized spacial score (nSPS) is 11.6. The average molecular weight is 358 g/mol. The largest absolute Gasteiger partial charge is 0.355 e. The van der Waals surface area contributed by atoms with Crippen LogP contribution in [0.1, 0.15) is 19.5 Å². The second kappa shape index (κ2) is 9.17. The minimum absolute atomic E-state index is 0.154. The van der Waals surface area contributed by atoms with Gasteiger partial charge in [-0.15, -0.1) is 0 Å². The zero-order valence-corrected chi connectivity index (χ0v) is 15.4.